The van der Waals surface area contributed by atoms with E-state index in [1.807, 2.05) is 129 Å². The van der Waals surface area contributed by atoms with Crippen molar-refractivity contribution in [2.24, 2.45) is 5.92 Å². The summed E-state index contributed by atoms with van der Waals surface area (Å²) in [5, 5.41) is 4.59. The summed E-state index contributed by atoms with van der Waals surface area (Å²) < 4.78 is 19.3. The highest BCUT2D eigenvalue weighted by Crippen LogP contribution is 2.32. The average Bonchev–Trinajstić information content (AvgIpc) is 3.58. The van der Waals surface area contributed by atoms with E-state index in [0.717, 1.165) is 57.9 Å². The minimum atomic E-state index is -0.511. The zero-order valence-electron chi connectivity index (χ0n) is 35.2. The topological polar surface area (TPSA) is 102 Å². The number of amides is 2. The fraction of sp³-hybridized carbons (Fsp3) is 0.535. The summed E-state index contributed by atoms with van der Waals surface area (Å²) in [6, 6.07) is 13.9. The number of benzene rings is 1. The molecule has 1 aromatic carbocycles. The Labute approximate surface area is 324 Å². The van der Waals surface area contributed by atoms with E-state index in [1.54, 1.807) is 16.9 Å². The minimum absolute atomic E-state index is 0.105. The number of anilines is 1. The first kappa shape index (κ1) is 45.4. The molecule has 4 aromatic rings. The third kappa shape index (κ3) is 12.7. The first-order valence-electron chi connectivity index (χ1n) is 19.6. The van der Waals surface area contributed by atoms with E-state index < -0.39 is 5.60 Å². The van der Waals surface area contributed by atoms with Crippen LogP contribution in [0.5, 0.6) is 11.5 Å². The zero-order chi connectivity index (χ0) is 40.4. The van der Waals surface area contributed by atoms with E-state index in [2.05, 4.69) is 29.9 Å². The van der Waals surface area contributed by atoms with Crippen LogP contribution in [0.3, 0.4) is 0 Å². The van der Waals surface area contributed by atoms with E-state index in [4.69, 9.17) is 19.2 Å². The fourth-order valence-corrected chi connectivity index (χ4v) is 6.00. The number of fused-ring (bicyclic) bond motifs is 1. The second kappa shape index (κ2) is 22.4. The molecule has 2 amide bonds. The lowest BCUT2D eigenvalue weighted by molar-refractivity contribution is -0.119. The first-order valence-corrected chi connectivity index (χ1v) is 19.6. The van der Waals surface area contributed by atoms with Gasteiger partial charge in [0.1, 0.15) is 28.7 Å². The number of pyridine rings is 2. The van der Waals surface area contributed by atoms with Crippen LogP contribution in [0.4, 0.5) is 10.5 Å². The van der Waals surface area contributed by atoms with Gasteiger partial charge in [-0.1, -0.05) is 60.6 Å². The summed E-state index contributed by atoms with van der Waals surface area (Å²) in [5.41, 5.74) is 5.14. The molecular formula is C43H66N6O5. The highest BCUT2D eigenvalue weighted by Gasteiger charge is 2.27. The number of aromatic nitrogens is 3. The first-order chi connectivity index (χ1) is 26.0. The molecule has 0 saturated carbocycles. The van der Waals surface area contributed by atoms with E-state index in [1.165, 1.54) is 0 Å². The number of hydrogen-bond donors (Lipinski definition) is 0. The largest absolute Gasteiger partial charge is 0.497 e. The highest BCUT2D eigenvalue weighted by atomic mass is 16.6. The second-order valence-electron chi connectivity index (χ2n) is 13.4. The van der Waals surface area contributed by atoms with Gasteiger partial charge >= 0.3 is 6.09 Å². The molecule has 0 N–H and O–H groups in total. The van der Waals surface area contributed by atoms with E-state index >= 15 is 0 Å². The quantitative estimate of drug-likeness (QED) is 0.132. The Morgan fingerprint density at radius 3 is 2.15 bits per heavy atom. The molecule has 1 aliphatic heterocycles. The lowest BCUT2D eigenvalue weighted by atomic mass is 9.99. The van der Waals surface area contributed by atoms with Crippen LogP contribution in [-0.4, -0.2) is 88.4 Å². The molecule has 3 aromatic heterocycles. The van der Waals surface area contributed by atoms with Crippen LogP contribution >= 0.6 is 0 Å². The Morgan fingerprint density at radius 2 is 1.61 bits per heavy atom. The number of ether oxygens (including phenoxy) is 3. The molecular weight excluding hydrogens is 681 g/mol. The van der Waals surface area contributed by atoms with Gasteiger partial charge in [0.25, 0.3) is 0 Å². The SMILES string of the molecule is CC.CC.CC.CCC(CN(C=O)Cc1ccc(OC)cc1)C(C)Oc1cc(-c2ccc(N3CCN(C(=O)OC(C)(C)C)CC3)cn2)cn2ncc(C)c12. The molecule has 11 heteroatoms. The van der Waals surface area contributed by atoms with Gasteiger partial charge in [0.15, 0.2) is 0 Å². The van der Waals surface area contributed by atoms with Crippen molar-refractivity contribution in [3.63, 3.8) is 0 Å². The molecule has 2 atom stereocenters. The molecule has 1 fully saturated rings. The van der Waals surface area contributed by atoms with Gasteiger partial charge in [-0.15, -0.1) is 0 Å². The van der Waals surface area contributed by atoms with E-state index in [9.17, 15) is 9.59 Å². The maximum atomic E-state index is 12.5. The number of methoxy groups -OCH3 is 1. The van der Waals surface area contributed by atoms with Gasteiger partial charge in [0.05, 0.1) is 30.9 Å². The summed E-state index contributed by atoms with van der Waals surface area (Å²) in [5.74, 6) is 1.62. The lowest BCUT2D eigenvalue weighted by Gasteiger charge is -2.36. The van der Waals surface area contributed by atoms with Crippen LogP contribution in [0.2, 0.25) is 0 Å². The molecule has 11 nitrogen and oxygen atoms in total. The average molecular weight is 747 g/mol. The number of rotatable bonds is 12. The van der Waals surface area contributed by atoms with Gasteiger partial charge < -0.3 is 28.9 Å². The Bertz CT molecular complexity index is 1680. The summed E-state index contributed by atoms with van der Waals surface area (Å²) in [7, 11) is 1.64. The molecule has 1 aliphatic rings. The maximum absolute atomic E-state index is 12.5. The Morgan fingerprint density at radius 1 is 0.963 bits per heavy atom. The van der Waals surface area contributed by atoms with Crippen molar-refractivity contribution in [3.05, 3.63) is 72.2 Å². The van der Waals surface area contributed by atoms with Crippen LogP contribution in [0, 0.1) is 12.8 Å². The van der Waals surface area contributed by atoms with Crippen LogP contribution in [0.15, 0.2) is 61.1 Å². The van der Waals surface area contributed by atoms with Crippen LogP contribution in [0.1, 0.15) is 93.7 Å². The fourth-order valence-electron chi connectivity index (χ4n) is 6.00. The molecule has 1 saturated heterocycles. The second-order valence-corrected chi connectivity index (χ2v) is 13.4. The maximum Gasteiger partial charge on any atom is 0.410 e. The molecule has 54 heavy (non-hydrogen) atoms. The molecule has 4 heterocycles. The van der Waals surface area contributed by atoms with Gasteiger partial charge in [-0.05, 0) is 82.5 Å². The zero-order valence-corrected chi connectivity index (χ0v) is 35.2. The number of carbonyl (C=O) groups excluding carboxylic acids is 2. The van der Waals surface area contributed by atoms with Crippen molar-refractivity contribution in [2.75, 3.05) is 44.7 Å². The number of nitrogens with zero attached hydrogens (tertiary/aromatic N) is 6. The summed E-state index contributed by atoms with van der Waals surface area (Å²) in [6.45, 7) is 27.5. The summed E-state index contributed by atoms with van der Waals surface area (Å²) in [6.07, 6.45) is 7.01. The number of hydrogen-bond acceptors (Lipinski definition) is 8. The predicted molar refractivity (Wildman–Crippen MR) is 221 cm³/mol. The predicted octanol–water partition coefficient (Wildman–Crippen LogP) is 9.30. The number of aryl methyl sites for hydroxylation is 1. The smallest absolute Gasteiger partial charge is 0.410 e. The molecule has 0 bridgehead atoms. The molecule has 0 spiro atoms. The lowest BCUT2D eigenvalue weighted by Crippen LogP contribution is -2.50. The Balaban J connectivity index is 0.00000160. The number of piperazine rings is 1. The van der Waals surface area contributed by atoms with Crippen molar-refractivity contribution in [2.45, 2.75) is 108 Å². The molecule has 2 unspecified atom stereocenters. The van der Waals surface area contributed by atoms with Crippen LogP contribution < -0.4 is 14.4 Å². The molecule has 298 valence electrons. The van der Waals surface area contributed by atoms with Gasteiger partial charge in [0.2, 0.25) is 6.41 Å². The van der Waals surface area contributed by atoms with Crippen molar-refractivity contribution in [1.82, 2.24) is 24.4 Å². The van der Waals surface area contributed by atoms with Crippen molar-refractivity contribution in [3.8, 4) is 22.8 Å². The standard InChI is InChI=1S/C37H48N6O5.3C2H6/c1-8-29(23-40(25-44)22-28-9-12-32(46-7)13-10-28)27(3)47-34-19-30(24-43-35(34)26(2)20-39-43)33-14-11-31(21-38-33)41-15-17-42(18-16-41)36(45)48-37(4,5)6;3*1-2/h9-14,19-21,24-25,27,29H,8,15-18,22-23H2,1-7H3;3*1-2H3. The Kier molecular flexibility index (Phi) is 18.8. The Hall–Kier alpha value is -4.80. The van der Waals surface area contributed by atoms with Gasteiger partial charge in [0, 0.05) is 56.9 Å². The molecule has 0 aliphatic carbocycles. The monoisotopic (exact) mass is 747 g/mol. The van der Waals surface area contributed by atoms with Crippen LogP contribution in [-0.2, 0) is 16.1 Å². The minimum Gasteiger partial charge on any atom is -0.497 e. The van der Waals surface area contributed by atoms with Gasteiger partial charge in [-0.25, -0.2) is 9.31 Å². The normalized spacial score (nSPS) is 13.5. The highest BCUT2D eigenvalue weighted by molar-refractivity contribution is 5.72. The van der Waals surface area contributed by atoms with Gasteiger partial charge in [-0.3, -0.25) is 9.78 Å². The third-order valence-electron chi connectivity index (χ3n) is 8.76. The van der Waals surface area contributed by atoms with E-state index in [-0.39, 0.29) is 18.1 Å². The summed E-state index contributed by atoms with van der Waals surface area (Å²) in [4.78, 5) is 35.2. The van der Waals surface area contributed by atoms with Crippen molar-refractivity contribution in [1.29, 1.82) is 0 Å². The van der Waals surface area contributed by atoms with Crippen LogP contribution in [0.25, 0.3) is 16.8 Å². The van der Waals surface area contributed by atoms with Gasteiger partial charge in [-0.2, -0.15) is 5.10 Å². The van der Waals surface area contributed by atoms with Crippen molar-refractivity contribution < 1.29 is 23.8 Å². The van der Waals surface area contributed by atoms with Crippen molar-refractivity contribution >= 4 is 23.7 Å². The number of carbonyl (C=O) groups is 2. The summed E-state index contributed by atoms with van der Waals surface area (Å²) >= 11 is 0. The molecule has 5 rings (SSSR count). The third-order valence-corrected chi connectivity index (χ3v) is 8.76. The van der Waals surface area contributed by atoms with E-state index in [0.29, 0.717) is 39.3 Å². The molecule has 0 radical (unpaired) electrons.